The predicted octanol–water partition coefficient (Wildman–Crippen LogP) is 0.890. The molecule has 0 radical (unpaired) electrons. The smallest absolute Gasteiger partial charge is 0.416 e. The van der Waals surface area contributed by atoms with Gasteiger partial charge in [-0.25, -0.2) is 4.79 Å². The van der Waals surface area contributed by atoms with E-state index in [9.17, 15) is 15.0 Å². The van der Waals surface area contributed by atoms with Crippen LogP contribution in [-0.4, -0.2) is 53.4 Å². The first-order valence-electron chi connectivity index (χ1n) is 5.61. The average molecular weight is 266 g/mol. The summed E-state index contributed by atoms with van der Waals surface area (Å²) < 4.78 is 9.90. The fourth-order valence-electron chi connectivity index (χ4n) is 1.84. The molecule has 0 bridgehead atoms. The normalized spacial score (nSPS) is 18.5. The molecule has 0 saturated carbocycles. The fraction of sp³-hybridized carbons (Fsp3) is 0.333. The molecule has 1 unspecified atom stereocenters. The summed E-state index contributed by atoms with van der Waals surface area (Å²) in [6.45, 7) is 0.433. The summed E-state index contributed by atoms with van der Waals surface area (Å²) in [4.78, 5) is 12.7. The van der Waals surface area contributed by atoms with E-state index in [-0.39, 0.29) is 36.0 Å². The van der Waals surface area contributed by atoms with Crippen molar-refractivity contribution in [2.24, 2.45) is 0 Å². The van der Waals surface area contributed by atoms with Crippen molar-refractivity contribution in [3.05, 3.63) is 23.8 Å². The third-order valence-electron chi connectivity index (χ3n) is 2.73. The Morgan fingerprint density at radius 2 is 2.32 bits per heavy atom. The number of amides is 1. The summed E-state index contributed by atoms with van der Waals surface area (Å²) >= 11 is 0. The van der Waals surface area contributed by atoms with Crippen LogP contribution in [0, 0.1) is 5.41 Å². The van der Waals surface area contributed by atoms with E-state index in [1.54, 1.807) is 0 Å². The SMILES string of the molecule is COCC1CN(C(=N)c2ccc(O)cc2O)C(=O)O1. The number of methoxy groups -OCH3 is 1. The molecule has 0 aromatic heterocycles. The van der Waals surface area contributed by atoms with Gasteiger partial charge in [-0.1, -0.05) is 0 Å². The van der Waals surface area contributed by atoms with Gasteiger partial charge in [0.15, 0.2) is 0 Å². The lowest BCUT2D eigenvalue weighted by Crippen LogP contribution is -2.32. The van der Waals surface area contributed by atoms with Crippen LogP contribution in [0.25, 0.3) is 0 Å². The highest BCUT2D eigenvalue weighted by molar-refractivity contribution is 6.06. The minimum Gasteiger partial charge on any atom is -0.508 e. The van der Waals surface area contributed by atoms with E-state index in [0.717, 1.165) is 11.0 Å². The summed E-state index contributed by atoms with van der Waals surface area (Å²) in [6.07, 6.45) is -1.09. The quantitative estimate of drug-likeness (QED) is 0.557. The van der Waals surface area contributed by atoms with E-state index < -0.39 is 12.2 Å². The van der Waals surface area contributed by atoms with Gasteiger partial charge in [0, 0.05) is 13.2 Å². The lowest BCUT2D eigenvalue weighted by Gasteiger charge is -2.15. The van der Waals surface area contributed by atoms with Crippen molar-refractivity contribution in [3.63, 3.8) is 0 Å². The van der Waals surface area contributed by atoms with Crippen molar-refractivity contribution < 1.29 is 24.5 Å². The van der Waals surface area contributed by atoms with Crippen LogP contribution in [0.4, 0.5) is 4.79 Å². The molecule has 1 atom stereocenters. The van der Waals surface area contributed by atoms with E-state index in [4.69, 9.17) is 14.9 Å². The van der Waals surface area contributed by atoms with Gasteiger partial charge in [0.05, 0.1) is 18.7 Å². The molecule has 1 aliphatic rings. The van der Waals surface area contributed by atoms with Crippen LogP contribution in [0.3, 0.4) is 0 Å². The van der Waals surface area contributed by atoms with Crippen molar-refractivity contribution in [1.29, 1.82) is 5.41 Å². The van der Waals surface area contributed by atoms with Crippen molar-refractivity contribution in [3.8, 4) is 11.5 Å². The first kappa shape index (κ1) is 13.2. The molecule has 0 aliphatic carbocycles. The topological polar surface area (TPSA) is 103 Å². The molecule has 102 valence electrons. The van der Waals surface area contributed by atoms with Crippen LogP contribution in [-0.2, 0) is 9.47 Å². The monoisotopic (exact) mass is 266 g/mol. The van der Waals surface area contributed by atoms with Gasteiger partial charge in [0.25, 0.3) is 0 Å². The van der Waals surface area contributed by atoms with E-state index in [2.05, 4.69) is 0 Å². The Kier molecular flexibility index (Phi) is 3.57. The molecule has 2 rings (SSSR count). The Balaban J connectivity index is 2.18. The highest BCUT2D eigenvalue weighted by Gasteiger charge is 2.35. The zero-order valence-electron chi connectivity index (χ0n) is 10.3. The summed E-state index contributed by atoms with van der Waals surface area (Å²) in [5.74, 6) is -0.565. The number of nitrogens with zero attached hydrogens (tertiary/aromatic N) is 1. The number of ether oxygens (including phenoxy) is 2. The van der Waals surface area contributed by atoms with Gasteiger partial charge in [0.2, 0.25) is 0 Å². The number of cyclic esters (lactones) is 1. The number of phenols is 2. The number of hydrogen-bond acceptors (Lipinski definition) is 6. The number of hydrogen-bond donors (Lipinski definition) is 3. The second-order valence-corrected chi connectivity index (χ2v) is 4.12. The van der Waals surface area contributed by atoms with Gasteiger partial charge in [-0.15, -0.1) is 0 Å². The molecule has 7 nitrogen and oxygen atoms in total. The molecular formula is C12H14N2O5. The second-order valence-electron chi connectivity index (χ2n) is 4.12. The predicted molar refractivity (Wildman–Crippen MR) is 65.5 cm³/mol. The van der Waals surface area contributed by atoms with E-state index in [0.29, 0.717) is 0 Å². The van der Waals surface area contributed by atoms with Gasteiger partial charge in [-0.2, -0.15) is 0 Å². The third-order valence-corrected chi connectivity index (χ3v) is 2.73. The first-order chi connectivity index (χ1) is 9.02. The summed E-state index contributed by atoms with van der Waals surface area (Å²) in [6, 6.07) is 3.81. The van der Waals surface area contributed by atoms with Crippen LogP contribution >= 0.6 is 0 Å². The molecule has 1 aromatic carbocycles. The van der Waals surface area contributed by atoms with Crippen LogP contribution in [0.1, 0.15) is 5.56 Å². The number of nitrogens with one attached hydrogen (secondary N) is 1. The Morgan fingerprint density at radius 3 is 2.95 bits per heavy atom. The second kappa shape index (κ2) is 5.15. The molecule has 1 aliphatic heterocycles. The molecule has 1 heterocycles. The Hall–Kier alpha value is -2.28. The maximum atomic E-state index is 11.6. The minimum absolute atomic E-state index is 0.115. The van der Waals surface area contributed by atoms with Crippen molar-refractivity contribution >= 4 is 11.9 Å². The number of rotatable bonds is 3. The van der Waals surface area contributed by atoms with E-state index in [1.807, 2.05) is 0 Å². The highest BCUT2D eigenvalue weighted by atomic mass is 16.6. The van der Waals surface area contributed by atoms with Crippen LogP contribution in [0.5, 0.6) is 11.5 Å². The zero-order chi connectivity index (χ0) is 14.0. The molecule has 3 N–H and O–H groups in total. The standard InChI is InChI=1S/C12H14N2O5/c1-18-6-8-5-14(12(17)19-8)11(13)9-3-2-7(15)4-10(9)16/h2-4,8,13,15-16H,5-6H2,1H3. The summed E-state index contributed by atoms with van der Waals surface area (Å²) in [5.41, 5.74) is 0.146. The van der Waals surface area contributed by atoms with Gasteiger partial charge in [-0.3, -0.25) is 10.3 Å². The van der Waals surface area contributed by atoms with Gasteiger partial charge < -0.3 is 19.7 Å². The number of amidine groups is 1. The largest absolute Gasteiger partial charge is 0.508 e. The Bertz CT molecular complexity index is 517. The van der Waals surface area contributed by atoms with Crippen LogP contribution in [0.15, 0.2) is 18.2 Å². The molecule has 0 spiro atoms. The number of benzene rings is 1. The maximum Gasteiger partial charge on any atom is 0.416 e. The molecule has 1 saturated heterocycles. The number of phenolic OH excluding ortho intramolecular Hbond substituents is 2. The zero-order valence-corrected chi connectivity index (χ0v) is 10.3. The van der Waals surface area contributed by atoms with Crippen molar-refractivity contribution in [2.45, 2.75) is 6.10 Å². The highest BCUT2D eigenvalue weighted by Crippen LogP contribution is 2.25. The van der Waals surface area contributed by atoms with E-state index in [1.165, 1.54) is 19.2 Å². The van der Waals surface area contributed by atoms with Crippen LogP contribution in [0.2, 0.25) is 0 Å². The molecule has 1 amide bonds. The number of carbonyl (C=O) groups excluding carboxylic acids is 1. The lowest BCUT2D eigenvalue weighted by atomic mass is 10.1. The van der Waals surface area contributed by atoms with Crippen molar-refractivity contribution in [1.82, 2.24) is 4.90 Å². The summed E-state index contributed by atoms with van der Waals surface area (Å²) in [7, 11) is 1.49. The first-order valence-corrected chi connectivity index (χ1v) is 5.61. The Labute approximate surface area is 109 Å². The lowest BCUT2D eigenvalue weighted by molar-refractivity contribution is 0.0716. The summed E-state index contributed by atoms with van der Waals surface area (Å²) in [5, 5.41) is 26.8. The van der Waals surface area contributed by atoms with Gasteiger partial charge in [-0.05, 0) is 12.1 Å². The third kappa shape index (κ3) is 2.60. The minimum atomic E-state index is -0.653. The molecule has 19 heavy (non-hydrogen) atoms. The molecule has 1 aromatic rings. The maximum absolute atomic E-state index is 11.6. The fourth-order valence-corrected chi connectivity index (χ4v) is 1.84. The van der Waals surface area contributed by atoms with E-state index >= 15 is 0 Å². The molecule has 1 fully saturated rings. The molecular weight excluding hydrogens is 252 g/mol. The van der Waals surface area contributed by atoms with Crippen LogP contribution < -0.4 is 0 Å². The van der Waals surface area contributed by atoms with Crippen molar-refractivity contribution in [2.75, 3.05) is 20.3 Å². The number of aromatic hydroxyl groups is 2. The van der Waals surface area contributed by atoms with Gasteiger partial charge >= 0.3 is 6.09 Å². The Morgan fingerprint density at radius 1 is 1.58 bits per heavy atom. The average Bonchev–Trinajstić information content (AvgIpc) is 2.70. The number of carbonyl (C=O) groups is 1. The van der Waals surface area contributed by atoms with Gasteiger partial charge in [0.1, 0.15) is 23.4 Å². The molecule has 7 heteroatoms.